The van der Waals surface area contributed by atoms with Crippen LogP contribution in [0.2, 0.25) is 0 Å². The molecule has 0 radical (unpaired) electrons. The number of phosphoric acid groups is 1. The summed E-state index contributed by atoms with van der Waals surface area (Å²) in [6, 6.07) is 18.0. The van der Waals surface area contributed by atoms with Crippen LogP contribution in [0.15, 0.2) is 48.5 Å². The van der Waals surface area contributed by atoms with Crippen molar-refractivity contribution >= 4 is 29.4 Å². The monoisotopic (exact) mass is 444 g/mol. The zero-order valence-electron chi connectivity index (χ0n) is 15.5. The fourth-order valence-corrected chi connectivity index (χ4v) is 3.34. The van der Waals surface area contributed by atoms with Gasteiger partial charge in [0, 0.05) is 0 Å². The SMILES string of the molecule is O=P([O-])([O-])[O-].[K+].[K+].[K+].c1ccc2c(c1)ccc1c3c(ccc12)CCCC3. The smallest absolute Gasteiger partial charge is 0.822 e. The standard InChI is InChI=1S/C18H16.3K.H3O4P/c1-3-7-15-13(5-1)9-11-18-16-8-4-2-6-14(16)10-12-17(15)18;;;;1-5(2,3)4/h1,3,5,7,9-12H,2,4,6,8H2;;;;(H3,1,2,3,4)/q;3*+1;/p-3. The summed E-state index contributed by atoms with van der Waals surface area (Å²) in [7, 11) is -5.39. The van der Waals surface area contributed by atoms with Gasteiger partial charge in [0.1, 0.15) is 0 Å². The van der Waals surface area contributed by atoms with Crippen molar-refractivity contribution in [2.75, 3.05) is 0 Å². The Bertz CT molecular complexity index is 903. The van der Waals surface area contributed by atoms with Crippen LogP contribution in [0.5, 0.6) is 0 Å². The van der Waals surface area contributed by atoms with Crippen LogP contribution in [0.25, 0.3) is 21.5 Å². The Morgan fingerprint density at radius 3 is 1.96 bits per heavy atom. The van der Waals surface area contributed by atoms with Crippen molar-refractivity contribution < 1.29 is 173 Å². The molecule has 3 aromatic carbocycles. The second-order valence-electron chi connectivity index (χ2n) is 5.74. The van der Waals surface area contributed by atoms with Crippen molar-refractivity contribution in [1.82, 2.24) is 0 Å². The summed E-state index contributed by atoms with van der Waals surface area (Å²) in [6.45, 7) is 0. The van der Waals surface area contributed by atoms with Gasteiger partial charge < -0.3 is 19.2 Å². The van der Waals surface area contributed by atoms with Crippen LogP contribution in [0.4, 0.5) is 0 Å². The normalized spacial score (nSPS) is 12.6. The predicted molar refractivity (Wildman–Crippen MR) is 85.7 cm³/mol. The first-order chi connectivity index (χ1) is 10.9. The van der Waals surface area contributed by atoms with E-state index in [-0.39, 0.29) is 154 Å². The van der Waals surface area contributed by atoms with Crippen LogP contribution in [-0.2, 0) is 17.4 Å². The zero-order valence-corrected chi connectivity index (χ0v) is 25.8. The van der Waals surface area contributed by atoms with E-state index in [0.29, 0.717) is 0 Å². The summed E-state index contributed by atoms with van der Waals surface area (Å²) in [4.78, 5) is 25.6. The Hall–Kier alpha value is 3.20. The maximum absolute atomic E-state index is 8.55. The van der Waals surface area contributed by atoms with Gasteiger partial charge in [0.15, 0.2) is 0 Å². The van der Waals surface area contributed by atoms with Crippen molar-refractivity contribution in [1.29, 1.82) is 0 Å². The van der Waals surface area contributed by atoms with E-state index in [2.05, 4.69) is 48.5 Å². The molecule has 0 N–H and O–H groups in total. The molecule has 0 bridgehead atoms. The molecule has 1 aliphatic rings. The minimum Gasteiger partial charge on any atom is -0.822 e. The van der Waals surface area contributed by atoms with Crippen molar-refractivity contribution in [3.05, 3.63) is 59.7 Å². The third-order valence-corrected chi connectivity index (χ3v) is 4.26. The van der Waals surface area contributed by atoms with Crippen LogP contribution in [0.1, 0.15) is 24.0 Å². The minimum atomic E-state index is -5.39. The average molecular weight is 445 g/mol. The van der Waals surface area contributed by atoms with Crippen LogP contribution >= 0.6 is 7.82 Å². The number of benzene rings is 3. The average Bonchev–Trinajstić information content (AvgIpc) is 2.52. The van der Waals surface area contributed by atoms with Crippen LogP contribution in [0, 0.1) is 0 Å². The summed E-state index contributed by atoms with van der Waals surface area (Å²) in [6.07, 6.45) is 5.22. The summed E-state index contributed by atoms with van der Waals surface area (Å²) in [5.74, 6) is 0. The molecule has 0 saturated heterocycles. The largest absolute Gasteiger partial charge is 1.00 e. The van der Waals surface area contributed by atoms with Crippen molar-refractivity contribution in [3.63, 3.8) is 0 Å². The molecule has 0 heterocycles. The van der Waals surface area contributed by atoms with Gasteiger partial charge in [-0.05, 0) is 58.4 Å². The fourth-order valence-electron chi connectivity index (χ4n) is 3.34. The molecule has 0 aromatic heterocycles. The Balaban J connectivity index is 0.000000704. The maximum Gasteiger partial charge on any atom is 1.00 e. The first kappa shape index (κ1) is 29.2. The Morgan fingerprint density at radius 2 is 1.27 bits per heavy atom. The number of hydrogen-bond acceptors (Lipinski definition) is 4. The predicted octanol–water partition coefficient (Wildman–Crippen LogP) is -6.94. The first-order valence-electron chi connectivity index (χ1n) is 7.59. The van der Waals surface area contributed by atoms with Crippen molar-refractivity contribution in [2.24, 2.45) is 0 Å². The van der Waals surface area contributed by atoms with Gasteiger partial charge in [-0.15, -0.1) is 0 Å². The van der Waals surface area contributed by atoms with E-state index < -0.39 is 7.82 Å². The molecule has 4 nitrogen and oxygen atoms in total. The number of fused-ring (bicyclic) bond motifs is 5. The molecule has 0 fully saturated rings. The molecule has 8 heteroatoms. The second kappa shape index (κ2) is 13.6. The summed E-state index contributed by atoms with van der Waals surface area (Å²) in [5, 5.41) is 5.64. The van der Waals surface area contributed by atoms with E-state index in [4.69, 9.17) is 19.2 Å². The van der Waals surface area contributed by atoms with Gasteiger partial charge in [0.2, 0.25) is 0 Å². The molecule has 0 saturated carbocycles. The van der Waals surface area contributed by atoms with Crippen LogP contribution in [0.3, 0.4) is 0 Å². The van der Waals surface area contributed by atoms with E-state index in [1.165, 1.54) is 47.2 Å². The molecule has 1 aliphatic carbocycles. The second-order valence-corrected chi connectivity index (χ2v) is 6.63. The summed E-state index contributed by atoms with van der Waals surface area (Å²) >= 11 is 0. The molecule has 0 amide bonds. The molecule has 4 rings (SSSR count). The summed E-state index contributed by atoms with van der Waals surface area (Å²) in [5.41, 5.74) is 3.17. The Labute approximate surface area is 281 Å². The molecule has 120 valence electrons. The van der Waals surface area contributed by atoms with Gasteiger partial charge in [-0.25, -0.2) is 0 Å². The van der Waals surface area contributed by atoms with Gasteiger partial charge in [-0.2, -0.15) is 7.82 Å². The molecule has 3 aromatic rings. The Morgan fingerprint density at radius 1 is 0.692 bits per heavy atom. The van der Waals surface area contributed by atoms with Gasteiger partial charge in [0.25, 0.3) is 0 Å². The van der Waals surface area contributed by atoms with E-state index in [0.717, 1.165) is 0 Å². The van der Waals surface area contributed by atoms with Crippen LogP contribution < -0.4 is 169 Å². The van der Waals surface area contributed by atoms with E-state index >= 15 is 0 Å². The molecular weight excluding hydrogens is 428 g/mol. The molecule has 0 aliphatic heterocycles. The quantitative estimate of drug-likeness (QED) is 0.196. The van der Waals surface area contributed by atoms with Gasteiger partial charge in [-0.3, -0.25) is 0 Å². The number of aryl methyl sites for hydroxylation is 2. The van der Waals surface area contributed by atoms with Gasteiger partial charge in [0.05, 0.1) is 0 Å². The molecule has 0 atom stereocenters. The summed E-state index contributed by atoms with van der Waals surface area (Å²) < 4.78 is 8.55. The molecule has 0 spiro atoms. The van der Waals surface area contributed by atoms with E-state index in [1.54, 1.807) is 11.1 Å². The Kier molecular flexibility index (Phi) is 15.2. The van der Waals surface area contributed by atoms with Gasteiger partial charge in [-0.1, -0.05) is 48.5 Å². The van der Waals surface area contributed by atoms with Crippen LogP contribution in [-0.4, -0.2) is 0 Å². The first-order valence-corrected chi connectivity index (χ1v) is 9.05. The minimum absolute atomic E-state index is 0. The third kappa shape index (κ3) is 8.38. The van der Waals surface area contributed by atoms with E-state index in [1.807, 2.05) is 0 Å². The molecular formula is C18H16K3O4P. The van der Waals surface area contributed by atoms with Crippen molar-refractivity contribution in [3.8, 4) is 0 Å². The zero-order chi connectivity index (χ0) is 16.4. The maximum atomic E-state index is 8.55. The topological polar surface area (TPSA) is 86.2 Å². The molecule has 26 heavy (non-hydrogen) atoms. The van der Waals surface area contributed by atoms with Crippen molar-refractivity contribution in [2.45, 2.75) is 25.7 Å². The van der Waals surface area contributed by atoms with E-state index in [9.17, 15) is 0 Å². The number of rotatable bonds is 0. The fraction of sp³-hybridized carbons (Fsp3) is 0.222. The third-order valence-electron chi connectivity index (χ3n) is 4.26. The molecule has 0 unspecified atom stereocenters. The number of hydrogen-bond donors (Lipinski definition) is 0. The van der Waals surface area contributed by atoms with Gasteiger partial charge >= 0.3 is 154 Å².